The second-order valence-corrected chi connectivity index (χ2v) is 8.11. The average Bonchev–Trinajstić information content (AvgIpc) is 3.14. The number of carbonyl (C=O) groups excluding carboxylic acids is 1. The van der Waals surface area contributed by atoms with Gasteiger partial charge in [-0.2, -0.15) is 5.10 Å². The lowest BCUT2D eigenvalue weighted by Gasteiger charge is -2.23. The summed E-state index contributed by atoms with van der Waals surface area (Å²) in [6.45, 7) is 9.26. The van der Waals surface area contributed by atoms with Crippen molar-refractivity contribution in [3.05, 3.63) is 41.6 Å². The van der Waals surface area contributed by atoms with Gasteiger partial charge in [0.05, 0.1) is 7.11 Å². The van der Waals surface area contributed by atoms with Crippen LogP contribution in [0, 0.1) is 6.92 Å². The number of aryl methyl sites for hydroxylation is 1. The number of methoxy groups -OCH3 is 1. The van der Waals surface area contributed by atoms with Crippen molar-refractivity contribution in [2.45, 2.75) is 44.2 Å². The fourth-order valence-electron chi connectivity index (χ4n) is 3.15. The topological polar surface area (TPSA) is 96.0 Å². The predicted molar refractivity (Wildman–Crippen MR) is 124 cm³/mol. The van der Waals surface area contributed by atoms with Crippen LogP contribution in [0.5, 0.6) is 5.75 Å². The minimum absolute atomic E-state index is 0.145. The molecular formula is C22H28N6O2S. The second-order valence-electron chi connectivity index (χ2n) is 7.07. The lowest BCUT2D eigenvalue weighted by molar-refractivity contribution is -0.116. The Kier molecular flexibility index (Phi) is 7.51. The molecule has 9 heteroatoms. The first-order chi connectivity index (χ1) is 14.9. The van der Waals surface area contributed by atoms with Gasteiger partial charge >= 0.3 is 0 Å². The van der Waals surface area contributed by atoms with Gasteiger partial charge in [-0.25, -0.2) is 9.97 Å². The third-order valence-electron chi connectivity index (χ3n) is 4.63. The van der Waals surface area contributed by atoms with E-state index in [2.05, 4.69) is 34.3 Å². The molecule has 8 nitrogen and oxygen atoms in total. The summed E-state index contributed by atoms with van der Waals surface area (Å²) in [5.74, 6) is 2.66. The van der Waals surface area contributed by atoms with Gasteiger partial charge in [0.1, 0.15) is 5.78 Å². The minimum atomic E-state index is 0.145. The second kappa shape index (κ2) is 10.3. The predicted octanol–water partition coefficient (Wildman–Crippen LogP) is 4.39. The fraction of sp³-hybridized carbons (Fsp3) is 0.364. The van der Waals surface area contributed by atoms with Gasteiger partial charge in [-0.1, -0.05) is 12.1 Å². The Labute approximate surface area is 186 Å². The number of rotatable bonds is 10. The maximum absolute atomic E-state index is 11.3. The fourth-order valence-corrected chi connectivity index (χ4v) is 3.90. The number of hydrogen-bond donors (Lipinski definition) is 2. The molecular weight excluding hydrogens is 412 g/mol. The molecule has 0 fully saturated rings. The monoisotopic (exact) mass is 440 g/mol. The molecule has 0 saturated heterocycles. The van der Waals surface area contributed by atoms with Crippen molar-refractivity contribution in [3.8, 4) is 5.75 Å². The molecule has 0 atom stereocenters. The van der Waals surface area contributed by atoms with Crippen molar-refractivity contribution in [2.24, 2.45) is 0 Å². The van der Waals surface area contributed by atoms with Crippen LogP contribution in [0.25, 0.3) is 0 Å². The number of hydrogen-bond acceptors (Lipinski definition) is 8. The lowest BCUT2D eigenvalue weighted by atomic mass is 10.1. The minimum Gasteiger partial charge on any atom is -0.490 e. The first-order valence-electron chi connectivity index (χ1n) is 10.2. The van der Waals surface area contributed by atoms with Crippen LogP contribution < -0.4 is 15.0 Å². The van der Waals surface area contributed by atoms with Crippen molar-refractivity contribution in [1.29, 1.82) is 0 Å². The van der Waals surface area contributed by atoms with Crippen molar-refractivity contribution in [1.82, 2.24) is 20.2 Å². The Balaban J connectivity index is 1.97. The van der Waals surface area contributed by atoms with Crippen LogP contribution in [-0.4, -0.2) is 46.1 Å². The van der Waals surface area contributed by atoms with E-state index in [0.717, 1.165) is 35.1 Å². The van der Waals surface area contributed by atoms with Crippen LogP contribution >= 0.6 is 11.8 Å². The first kappa shape index (κ1) is 22.6. The smallest absolute Gasteiger partial charge is 0.204 e. The van der Waals surface area contributed by atoms with E-state index in [-0.39, 0.29) is 5.78 Å². The van der Waals surface area contributed by atoms with Crippen LogP contribution in [0.2, 0.25) is 0 Å². The number of benzene rings is 1. The van der Waals surface area contributed by atoms with Gasteiger partial charge < -0.3 is 15.0 Å². The number of ketones is 1. The zero-order valence-electron chi connectivity index (χ0n) is 18.5. The number of carbonyl (C=O) groups is 1. The molecule has 0 radical (unpaired) electrons. The Morgan fingerprint density at radius 3 is 2.45 bits per heavy atom. The van der Waals surface area contributed by atoms with E-state index in [9.17, 15) is 4.79 Å². The molecule has 31 heavy (non-hydrogen) atoms. The van der Waals surface area contributed by atoms with E-state index in [4.69, 9.17) is 14.7 Å². The molecule has 2 aromatic heterocycles. The van der Waals surface area contributed by atoms with Gasteiger partial charge in [-0.15, -0.1) is 0 Å². The summed E-state index contributed by atoms with van der Waals surface area (Å²) < 4.78 is 5.69. The van der Waals surface area contributed by atoms with Gasteiger partial charge in [-0.3, -0.25) is 9.89 Å². The van der Waals surface area contributed by atoms with Gasteiger partial charge in [0, 0.05) is 36.2 Å². The molecule has 0 bridgehead atoms. The standard InChI is InChI=1S/C22H28N6O2S/c1-6-28(7-2)21-19(30-5)20(23-18-12-14(3)26-27-18)24-22(25-21)31-17-10-8-16(9-11-17)13-15(4)29/h8-12H,6-7,13H2,1-5H3,(H2,23,24,25,26,27). The molecule has 0 amide bonds. The van der Waals surface area contributed by atoms with E-state index in [1.807, 2.05) is 37.3 Å². The third-order valence-corrected chi connectivity index (χ3v) is 5.51. The third kappa shape index (κ3) is 5.75. The molecule has 164 valence electrons. The SMILES string of the molecule is CCN(CC)c1nc(Sc2ccc(CC(C)=O)cc2)nc(Nc2cc(C)[nH]n2)c1OC. The number of anilines is 3. The highest BCUT2D eigenvalue weighted by Gasteiger charge is 2.20. The van der Waals surface area contributed by atoms with Crippen molar-refractivity contribution in [3.63, 3.8) is 0 Å². The van der Waals surface area contributed by atoms with E-state index < -0.39 is 0 Å². The zero-order chi connectivity index (χ0) is 22.4. The molecule has 2 heterocycles. The molecule has 0 spiro atoms. The number of aromatic amines is 1. The van der Waals surface area contributed by atoms with Gasteiger partial charge in [0.25, 0.3) is 0 Å². The van der Waals surface area contributed by atoms with Crippen LogP contribution in [0.3, 0.4) is 0 Å². The Bertz CT molecular complexity index is 1030. The number of H-pyrrole nitrogens is 1. The molecule has 0 saturated carbocycles. The highest BCUT2D eigenvalue weighted by molar-refractivity contribution is 7.99. The van der Waals surface area contributed by atoms with Crippen molar-refractivity contribution in [2.75, 3.05) is 30.4 Å². The summed E-state index contributed by atoms with van der Waals surface area (Å²) >= 11 is 1.46. The van der Waals surface area contributed by atoms with Gasteiger partial charge in [0.15, 0.2) is 22.6 Å². The molecule has 1 aromatic carbocycles. The lowest BCUT2D eigenvalue weighted by Crippen LogP contribution is -2.24. The van der Waals surface area contributed by atoms with E-state index in [0.29, 0.717) is 29.0 Å². The summed E-state index contributed by atoms with van der Waals surface area (Å²) in [6, 6.07) is 9.79. The number of Topliss-reactive ketones (excluding diaryl/α,β-unsaturated/α-hetero) is 1. The molecule has 3 aromatic rings. The molecule has 2 N–H and O–H groups in total. The van der Waals surface area contributed by atoms with Crippen LogP contribution in [0.1, 0.15) is 32.0 Å². The quantitative estimate of drug-likeness (QED) is 0.448. The largest absolute Gasteiger partial charge is 0.490 e. The average molecular weight is 441 g/mol. The summed E-state index contributed by atoms with van der Waals surface area (Å²) in [5, 5.41) is 11.0. The van der Waals surface area contributed by atoms with Crippen LogP contribution in [0.15, 0.2) is 40.4 Å². The molecule has 0 aliphatic rings. The van der Waals surface area contributed by atoms with Crippen molar-refractivity contribution < 1.29 is 9.53 Å². The Hall–Kier alpha value is -3.07. The highest BCUT2D eigenvalue weighted by atomic mass is 32.2. The number of aromatic nitrogens is 4. The molecule has 0 aliphatic heterocycles. The molecule has 3 rings (SSSR count). The highest BCUT2D eigenvalue weighted by Crippen LogP contribution is 2.37. The summed E-state index contributed by atoms with van der Waals surface area (Å²) in [5.41, 5.74) is 1.94. The normalized spacial score (nSPS) is 10.7. The molecule has 0 unspecified atom stereocenters. The van der Waals surface area contributed by atoms with E-state index in [1.54, 1.807) is 14.0 Å². The maximum atomic E-state index is 11.3. The zero-order valence-corrected chi connectivity index (χ0v) is 19.3. The van der Waals surface area contributed by atoms with Crippen LogP contribution in [0.4, 0.5) is 17.5 Å². The Morgan fingerprint density at radius 2 is 1.90 bits per heavy atom. The van der Waals surface area contributed by atoms with Gasteiger partial charge in [-0.05, 0) is 57.2 Å². The van der Waals surface area contributed by atoms with E-state index >= 15 is 0 Å². The van der Waals surface area contributed by atoms with Crippen molar-refractivity contribution >= 4 is 35.0 Å². The summed E-state index contributed by atoms with van der Waals surface area (Å²) in [7, 11) is 1.62. The summed E-state index contributed by atoms with van der Waals surface area (Å²) in [4.78, 5) is 24.0. The number of nitrogens with zero attached hydrogens (tertiary/aromatic N) is 4. The van der Waals surface area contributed by atoms with Crippen LogP contribution in [-0.2, 0) is 11.2 Å². The molecule has 0 aliphatic carbocycles. The number of nitrogens with one attached hydrogen (secondary N) is 2. The summed E-state index contributed by atoms with van der Waals surface area (Å²) in [6.07, 6.45) is 0.438. The maximum Gasteiger partial charge on any atom is 0.204 e. The van der Waals surface area contributed by atoms with E-state index in [1.165, 1.54) is 11.8 Å². The Morgan fingerprint density at radius 1 is 1.19 bits per heavy atom. The first-order valence-corrected chi connectivity index (χ1v) is 11.0. The van der Waals surface area contributed by atoms with Gasteiger partial charge in [0.2, 0.25) is 5.75 Å². The number of ether oxygens (including phenoxy) is 1.